The molecule has 0 aliphatic heterocycles. The molecule has 4 heteroatoms. The van der Waals surface area contributed by atoms with Gasteiger partial charge in [0.05, 0.1) is 5.69 Å². The zero-order valence-corrected chi connectivity index (χ0v) is 10.9. The molecule has 0 unspecified atom stereocenters. The summed E-state index contributed by atoms with van der Waals surface area (Å²) in [7, 11) is 0. The average Bonchev–Trinajstić information content (AvgIpc) is 2.33. The summed E-state index contributed by atoms with van der Waals surface area (Å²) in [4.78, 5) is 0. The number of halogens is 1. The zero-order valence-electron chi connectivity index (χ0n) is 10.9. The van der Waals surface area contributed by atoms with Gasteiger partial charge in [-0.2, -0.15) is 5.26 Å². The number of nitrogens with zero attached hydrogens (tertiary/aromatic N) is 1. The normalized spacial score (nSPS) is 10.4. The van der Waals surface area contributed by atoms with Gasteiger partial charge in [0.2, 0.25) is 0 Å². The highest BCUT2D eigenvalue weighted by molar-refractivity contribution is 5.57. The van der Waals surface area contributed by atoms with Crippen molar-refractivity contribution in [2.75, 3.05) is 25.1 Å². The summed E-state index contributed by atoms with van der Waals surface area (Å²) >= 11 is 0. The van der Waals surface area contributed by atoms with Crippen molar-refractivity contribution in [3.63, 3.8) is 0 Å². The second kappa shape index (κ2) is 7.67. The SMILES string of the molecule is CC(C)COCCCNc1cccc(F)c1C#N. The van der Waals surface area contributed by atoms with E-state index >= 15 is 0 Å². The van der Waals surface area contributed by atoms with Crippen molar-refractivity contribution in [3.05, 3.63) is 29.6 Å². The topological polar surface area (TPSA) is 45.0 Å². The lowest BCUT2D eigenvalue weighted by molar-refractivity contribution is 0.110. The van der Waals surface area contributed by atoms with Gasteiger partial charge in [0.1, 0.15) is 17.4 Å². The maximum atomic E-state index is 13.3. The van der Waals surface area contributed by atoms with Gasteiger partial charge >= 0.3 is 0 Å². The molecule has 0 aromatic heterocycles. The molecule has 0 saturated carbocycles. The maximum absolute atomic E-state index is 13.3. The Morgan fingerprint density at radius 3 is 2.89 bits per heavy atom. The van der Waals surface area contributed by atoms with Crippen LogP contribution in [-0.4, -0.2) is 19.8 Å². The molecule has 1 aromatic rings. The first-order valence-corrected chi connectivity index (χ1v) is 6.15. The number of ether oxygens (including phenoxy) is 1. The molecule has 0 saturated heterocycles. The first kappa shape index (κ1) is 14.5. The second-order valence-electron chi connectivity index (χ2n) is 4.52. The smallest absolute Gasteiger partial charge is 0.143 e. The van der Waals surface area contributed by atoms with Crippen molar-refractivity contribution in [1.82, 2.24) is 0 Å². The molecule has 0 atom stereocenters. The van der Waals surface area contributed by atoms with Gasteiger partial charge in [0.25, 0.3) is 0 Å². The Morgan fingerprint density at radius 2 is 2.22 bits per heavy atom. The van der Waals surface area contributed by atoms with Crippen molar-refractivity contribution >= 4 is 5.69 Å². The summed E-state index contributed by atoms with van der Waals surface area (Å²) in [5, 5.41) is 11.9. The summed E-state index contributed by atoms with van der Waals surface area (Å²) in [6, 6.07) is 6.45. The highest BCUT2D eigenvalue weighted by Gasteiger charge is 2.06. The number of benzene rings is 1. The van der Waals surface area contributed by atoms with Crippen molar-refractivity contribution in [3.8, 4) is 6.07 Å². The molecule has 1 aromatic carbocycles. The van der Waals surface area contributed by atoms with Gasteiger partial charge in [0.15, 0.2) is 0 Å². The Balaban J connectivity index is 2.32. The first-order valence-electron chi connectivity index (χ1n) is 6.15. The van der Waals surface area contributed by atoms with Gasteiger partial charge in [-0.1, -0.05) is 19.9 Å². The molecule has 98 valence electrons. The van der Waals surface area contributed by atoms with E-state index in [1.54, 1.807) is 12.1 Å². The zero-order chi connectivity index (χ0) is 13.4. The Kier molecular flexibility index (Phi) is 6.16. The van der Waals surface area contributed by atoms with Crippen LogP contribution in [0.3, 0.4) is 0 Å². The van der Waals surface area contributed by atoms with E-state index in [1.807, 2.05) is 6.07 Å². The van der Waals surface area contributed by atoms with E-state index in [0.29, 0.717) is 24.8 Å². The van der Waals surface area contributed by atoms with Crippen molar-refractivity contribution in [2.24, 2.45) is 5.92 Å². The molecule has 0 amide bonds. The number of anilines is 1. The molecular weight excluding hydrogens is 231 g/mol. The maximum Gasteiger partial charge on any atom is 0.143 e. The number of hydrogen-bond donors (Lipinski definition) is 1. The van der Waals surface area contributed by atoms with Gasteiger partial charge in [0, 0.05) is 19.8 Å². The van der Waals surface area contributed by atoms with Gasteiger partial charge < -0.3 is 10.1 Å². The lowest BCUT2D eigenvalue weighted by Gasteiger charge is -2.09. The Bertz CT molecular complexity index is 413. The minimum Gasteiger partial charge on any atom is -0.384 e. The highest BCUT2D eigenvalue weighted by atomic mass is 19.1. The minimum absolute atomic E-state index is 0.0700. The van der Waals surface area contributed by atoms with E-state index < -0.39 is 5.82 Å². The van der Waals surface area contributed by atoms with Crippen LogP contribution >= 0.6 is 0 Å². The van der Waals surface area contributed by atoms with E-state index in [0.717, 1.165) is 13.0 Å². The molecule has 1 N–H and O–H groups in total. The lowest BCUT2D eigenvalue weighted by Crippen LogP contribution is -2.09. The van der Waals surface area contributed by atoms with Crippen LogP contribution in [0.2, 0.25) is 0 Å². The van der Waals surface area contributed by atoms with Crippen LogP contribution in [0.25, 0.3) is 0 Å². The molecule has 0 aliphatic carbocycles. The van der Waals surface area contributed by atoms with Crippen molar-refractivity contribution < 1.29 is 9.13 Å². The van der Waals surface area contributed by atoms with Gasteiger partial charge in [-0.15, -0.1) is 0 Å². The first-order chi connectivity index (χ1) is 8.65. The van der Waals surface area contributed by atoms with Crippen molar-refractivity contribution in [1.29, 1.82) is 5.26 Å². The highest BCUT2D eigenvalue weighted by Crippen LogP contribution is 2.17. The molecule has 0 fully saturated rings. The van der Waals surface area contributed by atoms with Crippen LogP contribution < -0.4 is 5.32 Å². The number of rotatable bonds is 7. The van der Waals surface area contributed by atoms with E-state index in [-0.39, 0.29) is 5.56 Å². The van der Waals surface area contributed by atoms with Crippen LogP contribution in [0.15, 0.2) is 18.2 Å². The summed E-state index contributed by atoms with van der Waals surface area (Å²) < 4.78 is 18.7. The summed E-state index contributed by atoms with van der Waals surface area (Å²) in [6.45, 7) is 6.29. The Morgan fingerprint density at radius 1 is 1.44 bits per heavy atom. The summed E-state index contributed by atoms with van der Waals surface area (Å²) in [6.07, 6.45) is 0.827. The third-order valence-electron chi connectivity index (χ3n) is 2.36. The molecule has 0 radical (unpaired) electrons. The van der Waals surface area contributed by atoms with Crippen LogP contribution in [0, 0.1) is 23.1 Å². The molecule has 0 bridgehead atoms. The van der Waals surface area contributed by atoms with Crippen LogP contribution in [-0.2, 0) is 4.74 Å². The number of nitrogens with one attached hydrogen (secondary N) is 1. The van der Waals surface area contributed by atoms with Gasteiger partial charge in [-0.25, -0.2) is 4.39 Å². The van der Waals surface area contributed by atoms with Crippen LogP contribution in [0.1, 0.15) is 25.8 Å². The van der Waals surface area contributed by atoms with Crippen molar-refractivity contribution in [2.45, 2.75) is 20.3 Å². The Labute approximate surface area is 108 Å². The van der Waals surface area contributed by atoms with E-state index in [2.05, 4.69) is 19.2 Å². The van der Waals surface area contributed by atoms with Gasteiger partial charge in [-0.3, -0.25) is 0 Å². The van der Waals surface area contributed by atoms with E-state index in [1.165, 1.54) is 6.07 Å². The quantitative estimate of drug-likeness (QED) is 0.756. The monoisotopic (exact) mass is 250 g/mol. The second-order valence-corrected chi connectivity index (χ2v) is 4.52. The summed E-state index contributed by atoms with van der Waals surface area (Å²) in [5.41, 5.74) is 0.613. The fraction of sp³-hybridized carbons (Fsp3) is 0.500. The fourth-order valence-corrected chi connectivity index (χ4v) is 1.50. The van der Waals surface area contributed by atoms with E-state index in [4.69, 9.17) is 10.00 Å². The van der Waals surface area contributed by atoms with E-state index in [9.17, 15) is 4.39 Å². The number of hydrogen-bond acceptors (Lipinski definition) is 3. The predicted octanol–water partition coefficient (Wildman–Crippen LogP) is 3.17. The summed E-state index contributed by atoms with van der Waals surface area (Å²) in [5.74, 6) is 0.0462. The Hall–Kier alpha value is -1.60. The minimum atomic E-state index is -0.487. The average molecular weight is 250 g/mol. The van der Waals surface area contributed by atoms with Gasteiger partial charge in [-0.05, 0) is 24.5 Å². The largest absolute Gasteiger partial charge is 0.384 e. The third kappa shape index (κ3) is 4.72. The molecule has 0 spiro atoms. The molecule has 18 heavy (non-hydrogen) atoms. The van der Waals surface area contributed by atoms with Crippen LogP contribution in [0.5, 0.6) is 0 Å². The standard InChI is InChI=1S/C14H19FN2O/c1-11(2)10-18-8-4-7-17-14-6-3-5-13(15)12(14)9-16/h3,5-6,11,17H,4,7-8,10H2,1-2H3. The molecule has 0 aliphatic rings. The molecule has 1 rings (SSSR count). The predicted molar refractivity (Wildman–Crippen MR) is 69.9 cm³/mol. The molecule has 0 heterocycles. The lowest BCUT2D eigenvalue weighted by atomic mass is 10.2. The fourth-order valence-electron chi connectivity index (χ4n) is 1.50. The molecular formula is C14H19FN2O. The molecule has 3 nitrogen and oxygen atoms in total. The third-order valence-corrected chi connectivity index (χ3v) is 2.36. The van der Waals surface area contributed by atoms with Crippen LogP contribution in [0.4, 0.5) is 10.1 Å². The number of nitriles is 1.